The number of aryl methyl sites for hydroxylation is 2. The van der Waals surface area contributed by atoms with Crippen LogP contribution in [-0.2, 0) is 13.5 Å². The molecule has 2 rings (SSSR count). The zero-order valence-corrected chi connectivity index (χ0v) is 11.4. The normalized spacial score (nSPS) is 12.7. The number of nitrogens with two attached hydrogens (primary N) is 1. The van der Waals surface area contributed by atoms with Crippen LogP contribution in [0.5, 0.6) is 0 Å². The molecule has 19 heavy (non-hydrogen) atoms. The molecule has 6 heteroatoms. The van der Waals surface area contributed by atoms with Crippen LogP contribution in [-0.4, -0.2) is 9.78 Å². The predicted molar refractivity (Wildman–Crippen MR) is 69.9 cm³/mol. The Balaban J connectivity index is 2.27. The molecule has 0 aliphatic carbocycles. The van der Waals surface area contributed by atoms with Gasteiger partial charge >= 0.3 is 0 Å². The average Bonchev–Trinajstić information content (AvgIpc) is 2.54. The van der Waals surface area contributed by atoms with Gasteiger partial charge < -0.3 is 5.73 Å². The molecule has 0 bridgehead atoms. The van der Waals surface area contributed by atoms with Crippen molar-refractivity contribution in [2.45, 2.75) is 19.4 Å². The summed E-state index contributed by atoms with van der Waals surface area (Å²) in [4.78, 5) is 0. The van der Waals surface area contributed by atoms with Crippen LogP contribution in [0, 0.1) is 18.6 Å². The molecule has 0 saturated carbocycles. The fourth-order valence-electron chi connectivity index (χ4n) is 2.02. The molecule has 0 fully saturated rings. The van der Waals surface area contributed by atoms with Crippen LogP contribution in [0.1, 0.15) is 23.0 Å². The van der Waals surface area contributed by atoms with Crippen LogP contribution in [0.15, 0.2) is 18.2 Å². The third-order valence-corrected chi connectivity index (χ3v) is 3.48. The molecular weight excluding hydrogens is 272 g/mol. The van der Waals surface area contributed by atoms with E-state index in [1.807, 2.05) is 0 Å². The summed E-state index contributed by atoms with van der Waals surface area (Å²) in [5.41, 5.74) is 7.83. The smallest absolute Gasteiger partial charge is 0.126 e. The van der Waals surface area contributed by atoms with Crippen molar-refractivity contribution in [3.8, 4) is 0 Å². The number of nitrogens with zero attached hydrogens (tertiary/aromatic N) is 2. The molecule has 1 aromatic heterocycles. The summed E-state index contributed by atoms with van der Waals surface area (Å²) in [6.07, 6.45) is 0.360. The van der Waals surface area contributed by atoms with Crippen molar-refractivity contribution in [1.82, 2.24) is 9.78 Å². The minimum absolute atomic E-state index is 0.360. The number of halogens is 3. The van der Waals surface area contributed by atoms with Crippen molar-refractivity contribution >= 4 is 11.6 Å². The van der Waals surface area contributed by atoms with E-state index in [-0.39, 0.29) is 0 Å². The largest absolute Gasteiger partial charge is 0.324 e. The van der Waals surface area contributed by atoms with E-state index in [1.54, 1.807) is 18.7 Å². The standard InChI is InChI=1S/C13H14ClF2N3/c1-7-13(14)12(19(2)18-7)6-11(17)8-3-9(15)5-10(16)4-8/h3-5,11H,6,17H2,1-2H3. The van der Waals surface area contributed by atoms with Gasteiger partial charge in [0.25, 0.3) is 0 Å². The van der Waals surface area contributed by atoms with E-state index in [0.29, 0.717) is 22.7 Å². The highest BCUT2D eigenvalue weighted by Gasteiger charge is 2.16. The highest BCUT2D eigenvalue weighted by atomic mass is 35.5. The summed E-state index contributed by atoms with van der Waals surface area (Å²) in [6, 6.07) is 2.73. The van der Waals surface area contributed by atoms with Crippen molar-refractivity contribution in [1.29, 1.82) is 0 Å². The minimum Gasteiger partial charge on any atom is -0.324 e. The Morgan fingerprint density at radius 2 is 1.89 bits per heavy atom. The molecule has 102 valence electrons. The van der Waals surface area contributed by atoms with Crippen molar-refractivity contribution in [2.24, 2.45) is 12.8 Å². The van der Waals surface area contributed by atoms with E-state index in [9.17, 15) is 8.78 Å². The Labute approximate surface area is 115 Å². The SMILES string of the molecule is Cc1nn(C)c(CC(N)c2cc(F)cc(F)c2)c1Cl. The van der Waals surface area contributed by atoms with E-state index in [1.165, 1.54) is 12.1 Å². The highest BCUT2D eigenvalue weighted by molar-refractivity contribution is 6.31. The third kappa shape index (κ3) is 2.93. The third-order valence-electron chi connectivity index (χ3n) is 2.99. The maximum atomic E-state index is 13.2. The molecule has 2 aromatic rings. The number of hydrogen-bond acceptors (Lipinski definition) is 2. The maximum absolute atomic E-state index is 13.2. The molecular formula is C13H14ClF2N3. The van der Waals surface area contributed by atoms with Crippen LogP contribution in [0.3, 0.4) is 0 Å². The van der Waals surface area contributed by atoms with Crippen molar-refractivity contribution in [3.63, 3.8) is 0 Å². The van der Waals surface area contributed by atoms with Gasteiger partial charge in [0, 0.05) is 25.6 Å². The molecule has 0 aliphatic heterocycles. The van der Waals surface area contributed by atoms with Crippen molar-refractivity contribution < 1.29 is 8.78 Å². The first-order chi connectivity index (χ1) is 8.88. The number of aromatic nitrogens is 2. The molecule has 2 N–H and O–H groups in total. The van der Waals surface area contributed by atoms with E-state index in [2.05, 4.69) is 5.10 Å². The van der Waals surface area contributed by atoms with Crippen molar-refractivity contribution in [3.05, 3.63) is 51.8 Å². The van der Waals surface area contributed by atoms with Gasteiger partial charge in [-0.05, 0) is 24.6 Å². The van der Waals surface area contributed by atoms with Crippen molar-refractivity contribution in [2.75, 3.05) is 0 Å². The summed E-state index contributed by atoms with van der Waals surface area (Å²) in [7, 11) is 1.76. The maximum Gasteiger partial charge on any atom is 0.126 e. The minimum atomic E-state index is -0.641. The van der Waals surface area contributed by atoms with Crippen LogP contribution in [0.25, 0.3) is 0 Å². The van der Waals surface area contributed by atoms with E-state index in [4.69, 9.17) is 17.3 Å². The molecule has 0 saturated heterocycles. The van der Waals surface area contributed by atoms with Gasteiger partial charge in [-0.15, -0.1) is 0 Å². The van der Waals surface area contributed by atoms with E-state index < -0.39 is 17.7 Å². The van der Waals surface area contributed by atoms with Crippen LogP contribution in [0.4, 0.5) is 8.78 Å². The summed E-state index contributed by atoms with van der Waals surface area (Å²) < 4.78 is 27.9. The number of hydrogen-bond donors (Lipinski definition) is 1. The van der Waals surface area contributed by atoms with E-state index in [0.717, 1.165) is 11.8 Å². The lowest BCUT2D eigenvalue weighted by Gasteiger charge is -2.13. The fraction of sp³-hybridized carbons (Fsp3) is 0.308. The highest BCUT2D eigenvalue weighted by Crippen LogP contribution is 2.25. The molecule has 1 atom stereocenters. The second-order valence-corrected chi connectivity index (χ2v) is 4.86. The summed E-state index contributed by atoms with van der Waals surface area (Å²) in [6.45, 7) is 1.79. The van der Waals surface area contributed by atoms with Gasteiger partial charge in [-0.3, -0.25) is 4.68 Å². The first-order valence-electron chi connectivity index (χ1n) is 5.78. The Kier molecular flexibility index (Phi) is 3.87. The zero-order valence-electron chi connectivity index (χ0n) is 10.6. The van der Waals surface area contributed by atoms with Gasteiger partial charge in [0.2, 0.25) is 0 Å². The first-order valence-corrected chi connectivity index (χ1v) is 6.16. The zero-order chi connectivity index (χ0) is 14.2. The van der Waals surface area contributed by atoms with Crippen LogP contribution in [0.2, 0.25) is 5.02 Å². The Morgan fingerprint density at radius 3 is 2.37 bits per heavy atom. The quantitative estimate of drug-likeness (QED) is 0.942. The Hall–Kier alpha value is -1.46. The predicted octanol–water partition coefficient (Wildman–Crippen LogP) is 2.90. The molecule has 0 radical (unpaired) electrons. The number of rotatable bonds is 3. The first kappa shape index (κ1) is 14.0. The van der Waals surface area contributed by atoms with Crippen LogP contribution < -0.4 is 5.73 Å². The summed E-state index contributed by atoms with van der Waals surface area (Å²) in [5.74, 6) is -1.28. The lowest BCUT2D eigenvalue weighted by atomic mass is 10.0. The molecule has 3 nitrogen and oxygen atoms in total. The second kappa shape index (κ2) is 5.27. The van der Waals surface area contributed by atoms with E-state index >= 15 is 0 Å². The summed E-state index contributed by atoms with van der Waals surface area (Å²) >= 11 is 6.12. The van der Waals surface area contributed by atoms with Gasteiger partial charge in [0.15, 0.2) is 0 Å². The van der Waals surface area contributed by atoms with Crippen LogP contribution >= 0.6 is 11.6 Å². The Morgan fingerprint density at radius 1 is 1.32 bits per heavy atom. The lowest BCUT2D eigenvalue weighted by Crippen LogP contribution is -2.16. The fourth-order valence-corrected chi connectivity index (χ4v) is 2.25. The second-order valence-electron chi connectivity index (χ2n) is 4.48. The monoisotopic (exact) mass is 285 g/mol. The molecule has 1 aromatic carbocycles. The van der Waals surface area contributed by atoms with Gasteiger partial charge in [-0.2, -0.15) is 5.10 Å². The number of benzene rings is 1. The van der Waals surface area contributed by atoms with Gasteiger partial charge in [0.05, 0.1) is 16.4 Å². The average molecular weight is 286 g/mol. The van der Waals surface area contributed by atoms with Gasteiger partial charge in [-0.25, -0.2) is 8.78 Å². The molecule has 0 spiro atoms. The molecule has 0 aliphatic rings. The van der Waals surface area contributed by atoms with Gasteiger partial charge in [-0.1, -0.05) is 11.6 Å². The van der Waals surface area contributed by atoms with Gasteiger partial charge in [0.1, 0.15) is 11.6 Å². The lowest BCUT2D eigenvalue weighted by molar-refractivity contribution is 0.569. The molecule has 1 unspecified atom stereocenters. The Bertz CT molecular complexity index is 590. The molecule has 0 amide bonds. The summed E-state index contributed by atoms with van der Waals surface area (Å²) in [5, 5.41) is 4.71. The topological polar surface area (TPSA) is 43.8 Å². The molecule has 1 heterocycles.